The maximum atomic E-state index is 13.0. The van der Waals surface area contributed by atoms with Crippen LogP contribution in [0.15, 0.2) is 59.8 Å². The zero-order chi connectivity index (χ0) is 17.6. The monoisotopic (exact) mass is 353 g/mol. The molecule has 1 N–H and O–H groups in total. The summed E-state index contributed by atoms with van der Waals surface area (Å²) < 4.78 is 6.31. The number of halogens is 1. The molecule has 4 rings (SSSR count). The summed E-state index contributed by atoms with van der Waals surface area (Å²) in [6.45, 7) is 4.26. The number of anilines is 1. The van der Waals surface area contributed by atoms with Gasteiger partial charge in [0.2, 0.25) is 0 Å². The van der Waals surface area contributed by atoms with Crippen LogP contribution >= 0.6 is 11.6 Å². The molecule has 0 radical (unpaired) electrons. The Bertz CT molecular complexity index is 868. The molecule has 1 heterocycles. The van der Waals surface area contributed by atoms with Crippen molar-refractivity contribution in [2.45, 2.75) is 32.8 Å². The van der Waals surface area contributed by atoms with E-state index in [0.717, 1.165) is 34.7 Å². The van der Waals surface area contributed by atoms with E-state index in [1.165, 1.54) is 0 Å². The molecule has 25 heavy (non-hydrogen) atoms. The zero-order valence-corrected chi connectivity index (χ0v) is 15.1. The van der Waals surface area contributed by atoms with Gasteiger partial charge in [0.25, 0.3) is 0 Å². The molecule has 0 amide bonds. The van der Waals surface area contributed by atoms with E-state index in [4.69, 9.17) is 16.3 Å². The fourth-order valence-electron chi connectivity index (χ4n) is 3.64. The van der Waals surface area contributed by atoms with Crippen LogP contribution in [-0.2, 0) is 4.79 Å². The summed E-state index contributed by atoms with van der Waals surface area (Å²) in [5.74, 6) is 0.897. The summed E-state index contributed by atoms with van der Waals surface area (Å²) >= 11 is 6.04. The van der Waals surface area contributed by atoms with Gasteiger partial charge in [0.15, 0.2) is 11.9 Å². The van der Waals surface area contributed by atoms with Gasteiger partial charge in [0.05, 0.1) is 11.3 Å². The van der Waals surface area contributed by atoms with Crippen molar-refractivity contribution < 1.29 is 9.53 Å². The van der Waals surface area contributed by atoms with E-state index in [1.807, 2.05) is 48.5 Å². The van der Waals surface area contributed by atoms with Crippen molar-refractivity contribution in [1.29, 1.82) is 0 Å². The number of carbonyl (C=O) groups excluding carboxylic acids is 1. The van der Waals surface area contributed by atoms with Gasteiger partial charge in [-0.1, -0.05) is 49.7 Å². The number of ketones is 1. The van der Waals surface area contributed by atoms with Crippen molar-refractivity contribution in [1.82, 2.24) is 0 Å². The minimum absolute atomic E-state index is 0.0628. The fraction of sp³-hybridized carbons (Fsp3) is 0.286. The number of rotatable bonds is 1. The molecule has 128 valence electrons. The molecule has 1 aliphatic heterocycles. The van der Waals surface area contributed by atoms with Gasteiger partial charge in [-0.15, -0.1) is 0 Å². The average Bonchev–Trinajstić information content (AvgIpc) is 2.70. The van der Waals surface area contributed by atoms with Gasteiger partial charge in [0.1, 0.15) is 5.75 Å². The lowest BCUT2D eigenvalue weighted by Crippen LogP contribution is -2.31. The summed E-state index contributed by atoms with van der Waals surface area (Å²) in [5.41, 5.74) is 3.47. The summed E-state index contributed by atoms with van der Waals surface area (Å²) in [6, 6.07) is 15.3. The second-order valence-electron chi connectivity index (χ2n) is 7.50. The third-order valence-electron chi connectivity index (χ3n) is 4.77. The number of hydrogen-bond donors (Lipinski definition) is 1. The molecule has 2 aromatic rings. The number of para-hydroxylation sites is 2. The molecule has 3 nitrogen and oxygen atoms in total. The molecule has 2 aliphatic rings. The van der Waals surface area contributed by atoms with E-state index in [0.29, 0.717) is 11.4 Å². The first kappa shape index (κ1) is 16.2. The standard InChI is InChI=1S/C21H20ClNO2/c1-21(2)11-16-19(17(24)12-21)20(13-7-9-14(22)10-8-13)25-18-6-4-3-5-15(18)23-16/h3-10,20,23H,11-12H2,1-2H3. The summed E-state index contributed by atoms with van der Waals surface area (Å²) in [5, 5.41) is 4.13. The molecule has 0 aromatic heterocycles. The first-order valence-electron chi connectivity index (χ1n) is 8.47. The number of hydrogen-bond acceptors (Lipinski definition) is 3. The molecule has 0 saturated carbocycles. The van der Waals surface area contributed by atoms with Crippen LogP contribution in [0.4, 0.5) is 5.69 Å². The van der Waals surface area contributed by atoms with E-state index in [1.54, 1.807) is 0 Å². The second kappa shape index (κ2) is 5.92. The molecule has 1 unspecified atom stereocenters. The molecule has 1 atom stereocenters. The van der Waals surface area contributed by atoms with Crippen LogP contribution in [-0.4, -0.2) is 5.78 Å². The van der Waals surface area contributed by atoms with Gasteiger partial charge < -0.3 is 10.1 Å². The van der Waals surface area contributed by atoms with E-state index in [-0.39, 0.29) is 11.2 Å². The SMILES string of the molecule is CC1(C)CC(=O)C2=C(C1)Nc1ccccc1OC2c1ccc(Cl)cc1. The van der Waals surface area contributed by atoms with Crippen molar-refractivity contribution >= 4 is 23.1 Å². The number of fused-ring (bicyclic) bond motifs is 1. The highest BCUT2D eigenvalue weighted by Crippen LogP contribution is 2.46. The van der Waals surface area contributed by atoms with Crippen molar-refractivity contribution in [3.05, 3.63) is 70.4 Å². The molecule has 4 heteroatoms. The molecule has 2 aromatic carbocycles. The van der Waals surface area contributed by atoms with Crippen molar-refractivity contribution in [3.63, 3.8) is 0 Å². The average molecular weight is 354 g/mol. The van der Waals surface area contributed by atoms with Crippen LogP contribution in [0.25, 0.3) is 0 Å². The Morgan fingerprint density at radius 2 is 1.80 bits per heavy atom. The molecule has 0 bridgehead atoms. The minimum Gasteiger partial charge on any atom is -0.479 e. The van der Waals surface area contributed by atoms with Gasteiger partial charge in [-0.2, -0.15) is 0 Å². The van der Waals surface area contributed by atoms with Crippen molar-refractivity contribution in [2.75, 3.05) is 5.32 Å². The number of allylic oxidation sites excluding steroid dienone is 1. The fourth-order valence-corrected chi connectivity index (χ4v) is 3.77. The highest BCUT2D eigenvalue weighted by Gasteiger charge is 2.39. The molecule has 1 aliphatic carbocycles. The molecule has 0 spiro atoms. The van der Waals surface area contributed by atoms with Gasteiger partial charge in [-0.25, -0.2) is 0 Å². The first-order valence-corrected chi connectivity index (χ1v) is 8.85. The summed E-state index contributed by atoms with van der Waals surface area (Å²) in [6.07, 6.45) is 0.916. The van der Waals surface area contributed by atoms with Crippen LogP contribution in [0, 0.1) is 5.41 Å². The number of Topliss-reactive ketones (excluding diaryl/α,β-unsaturated/α-hetero) is 1. The second-order valence-corrected chi connectivity index (χ2v) is 7.94. The molecular formula is C21H20ClNO2. The predicted molar refractivity (Wildman–Crippen MR) is 99.9 cm³/mol. The number of benzene rings is 2. The van der Waals surface area contributed by atoms with Crippen LogP contribution in [0.1, 0.15) is 38.4 Å². The van der Waals surface area contributed by atoms with E-state index in [9.17, 15) is 4.79 Å². The van der Waals surface area contributed by atoms with Gasteiger partial charge in [0, 0.05) is 17.1 Å². The maximum absolute atomic E-state index is 13.0. The topological polar surface area (TPSA) is 38.3 Å². The number of ether oxygens (including phenoxy) is 1. The van der Waals surface area contributed by atoms with Crippen LogP contribution in [0.2, 0.25) is 5.02 Å². The summed E-state index contributed by atoms with van der Waals surface area (Å²) in [7, 11) is 0. The largest absolute Gasteiger partial charge is 0.479 e. The summed E-state index contributed by atoms with van der Waals surface area (Å²) in [4.78, 5) is 13.0. The lowest BCUT2D eigenvalue weighted by atomic mass is 9.74. The number of nitrogens with one attached hydrogen (secondary N) is 1. The van der Waals surface area contributed by atoms with Crippen molar-refractivity contribution in [3.8, 4) is 5.75 Å². The van der Waals surface area contributed by atoms with E-state index < -0.39 is 6.10 Å². The smallest absolute Gasteiger partial charge is 0.165 e. The Morgan fingerprint density at radius 3 is 2.56 bits per heavy atom. The number of carbonyl (C=O) groups is 1. The third kappa shape index (κ3) is 3.05. The van der Waals surface area contributed by atoms with Gasteiger partial charge >= 0.3 is 0 Å². The maximum Gasteiger partial charge on any atom is 0.165 e. The third-order valence-corrected chi connectivity index (χ3v) is 5.02. The Hall–Kier alpha value is -2.26. The molecule has 0 fully saturated rings. The Morgan fingerprint density at radius 1 is 1.08 bits per heavy atom. The minimum atomic E-state index is -0.424. The molecular weight excluding hydrogens is 334 g/mol. The lowest BCUT2D eigenvalue weighted by molar-refractivity contribution is -0.119. The predicted octanol–water partition coefficient (Wildman–Crippen LogP) is 5.53. The molecule has 0 saturated heterocycles. The van der Waals surface area contributed by atoms with Crippen LogP contribution in [0.5, 0.6) is 5.75 Å². The first-order chi connectivity index (χ1) is 11.9. The van der Waals surface area contributed by atoms with Crippen LogP contribution in [0.3, 0.4) is 0 Å². The van der Waals surface area contributed by atoms with Gasteiger partial charge in [-0.05, 0) is 41.7 Å². The van der Waals surface area contributed by atoms with Gasteiger partial charge in [-0.3, -0.25) is 4.79 Å². The van der Waals surface area contributed by atoms with E-state index in [2.05, 4.69) is 19.2 Å². The quantitative estimate of drug-likeness (QED) is 0.732. The van der Waals surface area contributed by atoms with Crippen molar-refractivity contribution in [2.24, 2.45) is 5.41 Å². The van der Waals surface area contributed by atoms with Crippen LogP contribution < -0.4 is 10.1 Å². The Kier molecular flexibility index (Phi) is 3.84. The van der Waals surface area contributed by atoms with E-state index >= 15 is 0 Å². The normalized spacial score (nSPS) is 21.6. The zero-order valence-electron chi connectivity index (χ0n) is 14.3. The lowest BCUT2D eigenvalue weighted by Gasteiger charge is -2.33. The highest BCUT2D eigenvalue weighted by molar-refractivity contribution is 6.30. The Balaban J connectivity index is 1.88. The highest BCUT2D eigenvalue weighted by atomic mass is 35.5. The Labute approximate surface area is 152 Å².